The molecule has 0 aromatic heterocycles. The number of esters is 1. The van der Waals surface area contributed by atoms with Gasteiger partial charge in [-0.2, -0.15) is 0 Å². The summed E-state index contributed by atoms with van der Waals surface area (Å²) in [6, 6.07) is 9.60. The monoisotopic (exact) mass is 272 g/mol. The lowest BCUT2D eigenvalue weighted by Crippen LogP contribution is -2.03. The van der Waals surface area contributed by atoms with Crippen LogP contribution in [0.3, 0.4) is 0 Å². The summed E-state index contributed by atoms with van der Waals surface area (Å²) in [7, 11) is 0. The van der Waals surface area contributed by atoms with E-state index in [4.69, 9.17) is 4.74 Å². The lowest BCUT2D eigenvalue weighted by atomic mass is 10.00. The van der Waals surface area contributed by atoms with Crippen molar-refractivity contribution in [2.75, 3.05) is 0 Å². The highest BCUT2D eigenvalue weighted by Gasteiger charge is 2.02. The summed E-state index contributed by atoms with van der Waals surface area (Å²) in [6.07, 6.45) is 7.83. The van der Waals surface area contributed by atoms with Gasteiger partial charge in [0.2, 0.25) is 0 Å². The highest BCUT2D eigenvalue weighted by molar-refractivity contribution is 5.73. The Kier molecular flexibility index (Phi) is 7.41. The summed E-state index contributed by atoms with van der Waals surface area (Å²) in [5.74, 6) is 0.459. The first-order valence-electron chi connectivity index (χ1n) is 7.17. The summed E-state index contributed by atoms with van der Waals surface area (Å²) in [5.41, 5.74) is 2.27. The van der Waals surface area contributed by atoms with Gasteiger partial charge in [0.05, 0.1) is 12.7 Å². The number of hydrogen-bond donors (Lipinski definition) is 0. The van der Waals surface area contributed by atoms with Gasteiger partial charge in [-0.25, -0.2) is 0 Å². The van der Waals surface area contributed by atoms with Gasteiger partial charge < -0.3 is 4.74 Å². The Hall–Kier alpha value is -1.83. The zero-order valence-electron chi connectivity index (χ0n) is 12.6. The van der Waals surface area contributed by atoms with Gasteiger partial charge in [-0.1, -0.05) is 62.2 Å². The Morgan fingerprint density at radius 3 is 2.65 bits per heavy atom. The molecular weight excluding hydrogens is 248 g/mol. The highest BCUT2D eigenvalue weighted by Crippen LogP contribution is 2.13. The molecule has 0 fully saturated rings. The normalized spacial score (nSPS) is 13.4. The van der Waals surface area contributed by atoms with Crippen LogP contribution in [0.5, 0.6) is 0 Å². The van der Waals surface area contributed by atoms with Crippen LogP contribution in [0, 0.1) is 5.92 Å². The zero-order chi connectivity index (χ0) is 14.8. The molecule has 0 aliphatic carbocycles. The maximum atomic E-state index is 11.6. The number of ether oxygens (including phenoxy) is 1. The summed E-state index contributed by atoms with van der Waals surface area (Å²) in [4.78, 5) is 11.6. The van der Waals surface area contributed by atoms with Gasteiger partial charge in [-0.15, -0.1) is 0 Å². The van der Waals surface area contributed by atoms with Gasteiger partial charge in [0, 0.05) is 0 Å². The number of carbonyl (C=O) groups is 1. The fourth-order valence-corrected chi connectivity index (χ4v) is 1.88. The van der Waals surface area contributed by atoms with Crippen molar-refractivity contribution in [1.82, 2.24) is 0 Å². The van der Waals surface area contributed by atoms with Crippen molar-refractivity contribution in [3.8, 4) is 0 Å². The molecule has 0 amide bonds. The van der Waals surface area contributed by atoms with E-state index in [2.05, 4.69) is 20.8 Å². The van der Waals surface area contributed by atoms with Crippen molar-refractivity contribution < 1.29 is 9.53 Å². The predicted molar refractivity (Wildman–Crippen MR) is 83.2 cm³/mol. The lowest BCUT2D eigenvalue weighted by Gasteiger charge is -2.07. The maximum Gasteiger partial charge on any atom is 0.315 e. The summed E-state index contributed by atoms with van der Waals surface area (Å²) in [6.45, 7) is 6.53. The van der Waals surface area contributed by atoms with E-state index in [1.165, 1.54) is 18.3 Å². The first-order chi connectivity index (χ1) is 9.61. The Balaban J connectivity index is 2.33. The molecule has 0 radical (unpaired) electrons. The van der Waals surface area contributed by atoms with Crippen LogP contribution in [-0.2, 0) is 16.0 Å². The molecule has 0 saturated heterocycles. The molecule has 0 aliphatic rings. The molecule has 2 nitrogen and oxygen atoms in total. The minimum absolute atomic E-state index is 0.236. The van der Waals surface area contributed by atoms with E-state index < -0.39 is 0 Å². The molecule has 0 heterocycles. The smallest absolute Gasteiger partial charge is 0.315 e. The third-order valence-electron chi connectivity index (χ3n) is 3.22. The Morgan fingerprint density at radius 2 is 2.00 bits per heavy atom. The molecule has 1 atom stereocenters. The van der Waals surface area contributed by atoms with Gasteiger partial charge in [-0.3, -0.25) is 4.79 Å². The van der Waals surface area contributed by atoms with Crippen LogP contribution in [0.2, 0.25) is 0 Å². The molecule has 0 aliphatic heterocycles. The molecule has 1 unspecified atom stereocenters. The van der Waals surface area contributed by atoms with E-state index in [1.54, 1.807) is 6.08 Å². The van der Waals surface area contributed by atoms with E-state index in [1.807, 2.05) is 36.4 Å². The van der Waals surface area contributed by atoms with Crippen molar-refractivity contribution in [3.63, 3.8) is 0 Å². The van der Waals surface area contributed by atoms with Crippen molar-refractivity contribution in [3.05, 3.63) is 59.9 Å². The first kappa shape index (κ1) is 16.2. The minimum Gasteiger partial charge on any atom is -0.434 e. The van der Waals surface area contributed by atoms with Crippen LogP contribution in [-0.4, -0.2) is 5.97 Å². The van der Waals surface area contributed by atoms with Crippen molar-refractivity contribution in [2.24, 2.45) is 5.92 Å². The molecule has 0 N–H and O–H groups in total. The molecule has 2 heteroatoms. The summed E-state index contributed by atoms with van der Waals surface area (Å²) >= 11 is 0. The third-order valence-corrected chi connectivity index (χ3v) is 3.22. The summed E-state index contributed by atoms with van der Waals surface area (Å²) < 4.78 is 5.06. The van der Waals surface area contributed by atoms with Crippen molar-refractivity contribution in [1.29, 1.82) is 0 Å². The molecule has 108 valence electrons. The average Bonchev–Trinajstić information content (AvgIpc) is 2.44. The maximum absolute atomic E-state index is 11.6. The van der Waals surface area contributed by atoms with Crippen LogP contribution in [0.1, 0.15) is 39.2 Å². The SMILES string of the molecule is CCC(C)C/C(C)=C/C=C/OC(=O)Cc1ccccc1. The van der Waals surface area contributed by atoms with Crippen LogP contribution in [0.4, 0.5) is 0 Å². The molecule has 0 spiro atoms. The third kappa shape index (κ3) is 6.93. The van der Waals surface area contributed by atoms with Crippen LogP contribution in [0.15, 0.2) is 54.3 Å². The molecule has 0 saturated carbocycles. The van der Waals surface area contributed by atoms with E-state index in [9.17, 15) is 4.79 Å². The Labute approximate surface area is 122 Å². The number of allylic oxidation sites excluding steroid dienone is 3. The topological polar surface area (TPSA) is 26.3 Å². The second-order valence-electron chi connectivity index (χ2n) is 5.21. The van der Waals surface area contributed by atoms with Crippen LogP contribution < -0.4 is 0 Å². The number of hydrogen-bond acceptors (Lipinski definition) is 2. The van der Waals surface area contributed by atoms with Gasteiger partial charge in [-0.05, 0) is 30.9 Å². The fourth-order valence-electron chi connectivity index (χ4n) is 1.88. The quantitative estimate of drug-likeness (QED) is 0.409. The molecule has 1 aromatic carbocycles. The average molecular weight is 272 g/mol. The van der Waals surface area contributed by atoms with Gasteiger partial charge in [0.25, 0.3) is 0 Å². The van der Waals surface area contributed by atoms with E-state index in [-0.39, 0.29) is 5.97 Å². The van der Waals surface area contributed by atoms with E-state index >= 15 is 0 Å². The molecule has 1 aromatic rings. The standard InChI is InChI=1S/C18H24O2/c1-4-15(2)13-16(3)9-8-12-20-18(19)14-17-10-6-5-7-11-17/h5-12,15H,4,13-14H2,1-3H3/b12-8+,16-9+. The molecule has 0 bridgehead atoms. The molecule has 20 heavy (non-hydrogen) atoms. The van der Waals surface area contributed by atoms with Crippen molar-refractivity contribution >= 4 is 5.97 Å². The lowest BCUT2D eigenvalue weighted by molar-refractivity contribution is -0.137. The first-order valence-corrected chi connectivity index (χ1v) is 7.17. The Morgan fingerprint density at radius 1 is 1.30 bits per heavy atom. The molecular formula is C18H24O2. The van der Waals surface area contributed by atoms with Crippen LogP contribution in [0.25, 0.3) is 0 Å². The highest BCUT2D eigenvalue weighted by atomic mass is 16.5. The second kappa shape index (κ2) is 9.13. The van der Waals surface area contributed by atoms with E-state index in [0.29, 0.717) is 12.3 Å². The summed E-state index contributed by atoms with van der Waals surface area (Å²) in [5, 5.41) is 0. The zero-order valence-corrected chi connectivity index (χ0v) is 12.6. The number of rotatable bonds is 7. The minimum atomic E-state index is -0.236. The number of carbonyl (C=O) groups excluding carboxylic acids is 1. The van der Waals surface area contributed by atoms with Gasteiger partial charge in [0.1, 0.15) is 0 Å². The van der Waals surface area contributed by atoms with E-state index in [0.717, 1.165) is 12.0 Å². The van der Waals surface area contributed by atoms with Crippen LogP contribution >= 0.6 is 0 Å². The molecule has 1 rings (SSSR count). The Bertz CT molecular complexity index is 458. The van der Waals surface area contributed by atoms with Crippen molar-refractivity contribution in [2.45, 2.75) is 40.0 Å². The predicted octanol–water partition coefficient (Wildman–Crippen LogP) is 4.67. The van der Waals surface area contributed by atoms with Gasteiger partial charge in [0.15, 0.2) is 0 Å². The van der Waals surface area contributed by atoms with Gasteiger partial charge >= 0.3 is 5.97 Å². The fraction of sp³-hybridized carbons (Fsp3) is 0.389. The largest absolute Gasteiger partial charge is 0.434 e. The number of benzene rings is 1. The second-order valence-corrected chi connectivity index (χ2v) is 5.21.